The van der Waals surface area contributed by atoms with E-state index in [-0.39, 0.29) is 0 Å². The van der Waals surface area contributed by atoms with E-state index in [0.717, 1.165) is 82.1 Å². The van der Waals surface area contributed by atoms with Gasteiger partial charge in [-0.1, -0.05) is 26.8 Å². The molecule has 9 nitrogen and oxygen atoms in total. The summed E-state index contributed by atoms with van der Waals surface area (Å²) in [6.45, 7) is 14.1. The molecule has 1 saturated heterocycles. The summed E-state index contributed by atoms with van der Waals surface area (Å²) in [5.74, 6) is 4.25. The molecule has 0 saturated carbocycles. The molecular formula is C23H35N7O2. The van der Waals surface area contributed by atoms with Crippen molar-refractivity contribution in [2.45, 2.75) is 40.3 Å². The number of nitrogens with one attached hydrogen (secondary N) is 1. The van der Waals surface area contributed by atoms with Crippen LogP contribution >= 0.6 is 0 Å². The molecule has 0 atom stereocenters. The molecule has 32 heavy (non-hydrogen) atoms. The maximum absolute atomic E-state index is 5.52. The summed E-state index contributed by atoms with van der Waals surface area (Å²) in [7, 11) is 0. The second-order valence-corrected chi connectivity index (χ2v) is 8.73. The van der Waals surface area contributed by atoms with Crippen molar-refractivity contribution in [1.29, 1.82) is 0 Å². The highest BCUT2D eigenvalue weighted by Crippen LogP contribution is 2.32. The number of hydrogen-bond acceptors (Lipinski definition) is 6. The topological polar surface area (TPSA) is 80.0 Å². The summed E-state index contributed by atoms with van der Waals surface area (Å²) in [6.07, 6.45) is 2.69. The molecule has 1 fully saturated rings. The number of fused-ring (bicyclic) bond motifs is 1. The van der Waals surface area contributed by atoms with Crippen LogP contribution in [0, 0.1) is 5.92 Å². The number of guanidine groups is 1. The van der Waals surface area contributed by atoms with E-state index in [0.29, 0.717) is 12.7 Å². The fourth-order valence-electron chi connectivity index (χ4n) is 3.98. The number of aliphatic imine (C=N–C) groups is 1. The average molecular weight is 442 g/mol. The number of ether oxygens (including phenoxy) is 2. The van der Waals surface area contributed by atoms with Gasteiger partial charge < -0.3 is 24.3 Å². The number of nitrogens with zero attached hydrogens (tertiary/aromatic N) is 6. The number of hydrogen-bond donors (Lipinski definition) is 1. The van der Waals surface area contributed by atoms with E-state index in [1.54, 1.807) is 6.33 Å². The zero-order valence-corrected chi connectivity index (χ0v) is 19.5. The molecule has 1 aromatic heterocycles. The van der Waals surface area contributed by atoms with Gasteiger partial charge in [0.05, 0.1) is 0 Å². The van der Waals surface area contributed by atoms with Crippen molar-refractivity contribution in [1.82, 2.24) is 29.9 Å². The SMILES string of the molecule is CCc1nncn1CCNC(=NCC(C)C)N1CCN(Cc2ccc3c(c2)OCO3)CC1. The second kappa shape index (κ2) is 10.7. The molecule has 0 unspecified atom stereocenters. The monoisotopic (exact) mass is 441 g/mol. The van der Waals surface area contributed by atoms with Crippen LogP contribution in [0.1, 0.15) is 32.2 Å². The van der Waals surface area contributed by atoms with E-state index in [4.69, 9.17) is 14.5 Å². The van der Waals surface area contributed by atoms with Gasteiger partial charge in [0.1, 0.15) is 12.2 Å². The number of aryl methyl sites for hydroxylation is 1. The molecule has 2 aliphatic rings. The van der Waals surface area contributed by atoms with Gasteiger partial charge in [-0.2, -0.15) is 0 Å². The van der Waals surface area contributed by atoms with Gasteiger partial charge in [-0.15, -0.1) is 10.2 Å². The molecule has 0 radical (unpaired) electrons. The first kappa shape index (κ1) is 22.4. The maximum Gasteiger partial charge on any atom is 0.231 e. The van der Waals surface area contributed by atoms with Gasteiger partial charge in [0.25, 0.3) is 0 Å². The average Bonchev–Trinajstić information content (AvgIpc) is 3.45. The molecule has 0 spiro atoms. The Kier molecular flexibility index (Phi) is 7.47. The predicted molar refractivity (Wildman–Crippen MR) is 124 cm³/mol. The van der Waals surface area contributed by atoms with Gasteiger partial charge >= 0.3 is 0 Å². The summed E-state index contributed by atoms with van der Waals surface area (Å²) in [5.41, 5.74) is 1.26. The molecule has 174 valence electrons. The molecular weight excluding hydrogens is 406 g/mol. The first-order valence-corrected chi connectivity index (χ1v) is 11.6. The molecule has 2 aromatic rings. The highest BCUT2D eigenvalue weighted by Gasteiger charge is 2.21. The minimum atomic E-state index is 0.320. The molecule has 0 aliphatic carbocycles. The van der Waals surface area contributed by atoms with Gasteiger partial charge in [-0.3, -0.25) is 9.89 Å². The van der Waals surface area contributed by atoms with Crippen LogP contribution < -0.4 is 14.8 Å². The molecule has 1 N–H and O–H groups in total. The Morgan fingerprint density at radius 3 is 2.75 bits per heavy atom. The molecule has 2 aliphatic heterocycles. The van der Waals surface area contributed by atoms with E-state index in [1.165, 1.54) is 5.56 Å². The van der Waals surface area contributed by atoms with Crippen LogP contribution in [0.15, 0.2) is 29.5 Å². The van der Waals surface area contributed by atoms with Crippen molar-refractivity contribution < 1.29 is 9.47 Å². The minimum Gasteiger partial charge on any atom is -0.454 e. The molecule has 3 heterocycles. The Balaban J connectivity index is 1.30. The summed E-state index contributed by atoms with van der Waals surface area (Å²) < 4.78 is 13.0. The summed E-state index contributed by atoms with van der Waals surface area (Å²) in [5, 5.41) is 11.8. The van der Waals surface area contributed by atoms with E-state index in [1.807, 2.05) is 6.07 Å². The fraction of sp³-hybridized carbons (Fsp3) is 0.609. The first-order chi connectivity index (χ1) is 15.6. The van der Waals surface area contributed by atoms with E-state index < -0.39 is 0 Å². The quantitative estimate of drug-likeness (QED) is 0.496. The summed E-state index contributed by atoms with van der Waals surface area (Å²) >= 11 is 0. The molecule has 1 aromatic carbocycles. The van der Waals surface area contributed by atoms with Gasteiger partial charge in [-0.25, -0.2) is 0 Å². The highest BCUT2D eigenvalue weighted by atomic mass is 16.7. The van der Waals surface area contributed by atoms with Crippen molar-refractivity contribution in [3.63, 3.8) is 0 Å². The van der Waals surface area contributed by atoms with Crippen molar-refractivity contribution in [2.75, 3.05) is 46.1 Å². The molecule has 0 amide bonds. The van der Waals surface area contributed by atoms with Crippen LogP contribution in [0.3, 0.4) is 0 Å². The van der Waals surface area contributed by atoms with Crippen LogP contribution in [0.5, 0.6) is 11.5 Å². The zero-order chi connectivity index (χ0) is 22.3. The van der Waals surface area contributed by atoms with Gasteiger partial charge in [0.2, 0.25) is 6.79 Å². The van der Waals surface area contributed by atoms with Gasteiger partial charge in [0, 0.05) is 58.8 Å². The summed E-state index contributed by atoms with van der Waals surface area (Å²) in [4.78, 5) is 9.76. The standard InChI is InChI=1S/C23H35N7O2/c1-4-22-27-26-16-30(22)8-7-24-23(25-14-18(2)3)29-11-9-28(10-12-29)15-19-5-6-20-21(13-19)32-17-31-20/h5-6,13,16,18H,4,7-12,14-15,17H2,1-3H3,(H,24,25). The number of piperazine rings is 1. The van der Waals surface area contributed by atoms with Crippen LogP contribution in [0.2, 0.25) is 0 Å². The normalized spacial score (nSPS) is 16.8. The number of benzene rings is 1. The Morgan fingerprint density at radius 1 is 1.16 bits per heavy atom. The van der Waals surface area contributed by atoms with E-state index in [9.17, 15) is 0 Å². The van der Waals surface area contributed by atoms with E-state index >= 15 is 0 Å². The van der Waals surface area contributed by atoms with Crippen LogP contribution in [0.25, 0.3) is 0 Å². The van der Waals surface area contributed by atoms with Crippen LogP contribution in [-0.4, -0.2) is 76.6 Å². The highest BCUT2D eigenvalue weighted by molar-refractivity contribution is 5.80. The van der Waals surface area contributed by atoms with Gasteiger partial charge in [-0.05, 0) is 23.6 Å². The largest absolute Gasteiger partial charge is 0.454 e. The second-order valence-electron chi connectivity index (χ2n) is 8.73. The van der Waals surface area contributed by atoms with Crippen LogP contribution in [0.4, 0.5) is 0 Å². The van der Waals surface area contributed by atoms with Gasteiger partial charge in [0.15, 0.2) is 17.5 Å². The molecule has 0 bridgehead atoms. The van der Waals surface area contributed by atoms with Crippen molar-refractivity contribution in [3.05, 3.63) is 35.9 Å². The molecule has 9 heteroatoms. The lowest BCUT2D eigenvalue weighted by atomic mass is 10.1. The van der Waals surface area contributed by atoms with E-state index in [2.05, 4.69) is 62.8 Å². The molecule has 4 rings (SSSR count). The Morgan fingerprint density at radius 2 is 1.97 bits per heavy atom. The number of aromatic nitrogens is 3. The zero-order valence-electron chi connectivity index (χ0n) is 19.5. The van der Waals surface area contributed by atoms with Crippen molar-refractivity contribution in [3.8, 4) is 11.5 Å². The third kappa shape index (κ3) is 5.70. The lowest BCUT2D eigenvalue weighted by Gasteiger charge is -2.36. The smallest absolute Gasteiger partial charge is 0.231 e. The Bertz CT molecular complexity index is 903. The lowest BCUT2D eigenvalue weighted by molar-refractivity contribution is 0.171. The predicted octanol–water partition coefficient (Wildman–Crippen LogP) is 1.99. The van der Waals surface area contributed by atoms with Crippen LogP contribution in [-0.2, 0) is 19.5 Å². The fourth-order valence-corrected chi connectivity index (χ4v) is 3.98. The summed E-state index contributed by atoms with van der Waals surface area (Å²) in [6, 6.07) is 6.24. The first-order valence-electron chi connectivity index (χ1n) is 11.6. The maximum atomic E-state index is 5.52. The minimum absolute atomic E-state index is 0.320. The number of rotatable bonds is 8. The van der Waals surface area contributed by atoms with Crippen molar-refractivity contribution in [2.24, 2.45) is 10.9 Å². The lowest BCUT2D eigenvalue weighted by Crippen LogP contribution is -2.52. The Labute approximate surface area is 190 Å². The Hall–Kier alpha value is -2.81. The van der Waals surface area contributed by atoms with Crippen molar-refractivity contribution >= 4 is 5.96 Å². The third-order valence-corrected chi connectivity index (χ3v) is 5.77. The third-order valence-electron chi connectivity index (χ3n) is 5.77.